The van der Waals surface area contributed by atoms with E-state index in [0.29, 0.717) is 11.4 Å². The minimum atomic E-state index is -1.38. The fourth-order valence-electron chi connectivity index (χ4n) is 1.55. The number of nitrogens with zero attached hydrogens (tertiary/aromatic N) is 3. The van der Waals surface area contributed by atoms with Crippen molar-refractivity contribution >= 4 is 22.4 Å². The molecule has 1 unspecified atom stereocenters. The molecule has 21 heavy (non-hydrogen) atoms. The van der Waals surface area contributed by atoms with Gasteiger partial charge in [-0.15, -0.1) is 0 Å². The summed E-state index contributed by atoms with van der Waals surface area (Å²) < 4.78 is 12.0. The Morgan fingerprint density at radius 3 is 2.57 bits per heavy atom. The van der Waals surface area contributed by atoms with E-state index in [9.17, 15) is 19.1 Å². The van der Waals surface area contributed by atoms with Crippen molar-refractivity contribution in [2.45, 2.75) is 17.7 Å². The maximum Gasteiger partial charge on any atom is 0.269 e. The predicted octanol–water partition coefficient (Wildman–Crippen LogP) is 1.46. The highest BCUT2D eigenvalue weighted by molar-refractivity contribution is 7.85. The van der Waals surface area contributed by atoms with E-state index < -0.39 is 15.7 Å². The summed E-state index contributed by atoms with van der Waals surface area (Å²) in [5.41, 5.74) is -0.0666. The van der Waals surface area contributed by atoms with Crippen LogP contribution in [-0.4, -0.2) is 39.3 Å². The van der Waals surface area contributed by atoms with Crippen LogP contribution in [0.1, 0.15) is 12.8 Å². The number of carbonyl (C=O) groups is 1. The van der Waals surface area contributed by atoms with Crippen LogP contribution in [0.25, 0.3) is 0 Å². The molecule has 0 heterocycles. The van der Waals surface area contributed by atoms with E-state index in [-0.39, 0.29) is 30.2 Å². The van der Waals surface area contributed by atoms with Crippen molar-refractivity contribution in [2.24, 2.45) is 0 Å². The molecule has 7 nitrogen and oxygen atoms in total. The summed E-state index contributed by atoms with van der Waals surface area (Å²) in [6, 6.07) is 7.38. The first kappa shape index (κ1) is 16.8. The molecule has 0 aromatic heterocycles. The molecule has 1 atom stereocenters. The Bertz CT molecular complexity index is 580. The first-order chi connectivity index (χ1) is 9.95. The van der Waals surface area contributed by atoms with E-state index in [1.807, 2.05) is 6.07 Å². The molecular weight excluding hydrogens is 294 g/mol. The summed E-state index contributed by atoms with van der Waals surface area (Å²) in [5.74, 6) is -0.0337. The van der Waals surface area contributed by atoms with E-state index >= 15 is 0 Å². The molecule has 0 saturated heterocycles. The average molecular weight is 309 g/mol. The minimum Gasteiger partial charge on any atom is -0.345 e. The number of benzene rings is 1. The smallest absolute Gasteiger partial charge is 0.269 e. The molecule has 0 N–H and O–H groups in total. The maximum absolute atomic E-state index is 12.0. The van der Waals surface area contributed by atoms with Gasteiger partial charge in [-0.2, -0.15) is 5.26 Å². The first-order valence-electron chi connectivity index (χ1n) is 6.19. The highest BCUT2D eigenvalue weighted by Crippen LogP contribution is 2.15. The second-order valence-corrected chi connectivity index (χ2v) is 5.84. The van der Waals surface area contributed by atoms with Crippen LogP contribution < -0.4 is 0 Å². The Morgan fingerprint density at radius 2 is 2.05 bits per heavy atom. The number of hydrogen-bond acceptors (Lipinski definition) is 5. The second kappa shape index (κ2) is 8.11. The Balaban J connectivity index is 2.52. The molecule has 0 aliphatic heterocycles. The lowest BCUT2D eigenvalue weighted by Crippen LogP contribution is -2.28. The molecule has 0 aliphatic rings. The molecule has 0 fully saturated rings. The largest absolute Gasteiger partial charge is 0.345 e. The SMILES string of the molecule is CN(CCC#N)C(=O)CCS(=O)c1ccc([N+](=O)[O-])cc1. The fourth-order valence-corrected chi connectivity index (χ4v) is 2.59. The second-order valence-electron chi connectivity index (χ2n) is 4.27. The number of hydrogen-bond donors (Lipinski definition) is 0. The van der Waals surface area contributed by atoms with E-state index in [0.717, 1.165) is 0 Å². The van der Waals surface area contributed by atoms with Gasteiger partial charge in [0.25, 0.3) is 5.69 Å². The van der Waals surface area contributed by atoms with E-state index in [1.54, 1.807) is 7.05 Å². The van der Waals surface area contributed by atoms with Crippen molar-refractivity contribution in [2.75, 3.05) is 19.3 Å². The highest BCUT2D eigenvalue weighted by Gasteiger charge is 2.12. The van der Waals surface area contributed by atoms with Gasteiger partial charge in [0.1, 0.15) is 0 Å². The molecule has 0 radical (unpaired) electrons. The van der Waals surface area contributed by atoms with Crippen LogP contribution in [0.15, 0.2) is 29.2 Å². The lowest BCUT2D eigenvalue weighted by atomic mass is 10.3. The summed E-state index contributed by atoms with van der Waals surface area (Å²) in [7, 11) is 0.209. The third kappa shape index (κ3) is 5.31. The van der Waals surface area contributed by atoms with E-state index in [4.69, 9.17) is 5.26 Å². The molecule has 112 valence electrons. The molecule has 0 aliphatic carbocycles. The van der Waals surface area contributed by atoms with Gasteiger partial charge in [0.05, 0.1) is 28.2 Å². The van der Waals surface area contributed by atoms with Gasteiger partial charge in [-0.25, -0.2) is 0 Å². The Hall–Kier alpha value is -2.27. The van der Waals surface area contributed by atoms with Gasteiger partial charge >= 0.3 is 0 Å². The summed E-state index contributed by atoms with van der Waals surface area (Å²) in [6.07, 6.45) is 0.360. The highest BCUT2D eigenvalue weighted by atomic mass is 32.2. The summed E-state index contributed by atoms with van der Waals surface area (Å²) >= 11 is 0. The number of amides is 1. The number of nitro groups is 1. The van der Waals surface area contributed by atoms with Crippen molar-refractivity contribution in [3.8, 4) is 6.07 Å². The van der Waals surface area contributed by atoms with Gasteiger partial charge in [0, 0.05) is 42.8 Å². The molecule has 1 aromatic rings. The van der Waals surface area contributed by atoms with Crippen molar-refractivity contribution < 1.29 is 13.9 Å². The summed E-state index contributed by atoms with van der Waals surface area (Å²) in [5, 5.41) is 19.0. The van der Waals surface area contributed by atoms with Crippen LogP contribution >= 0.6 is 0 Å². The number of rotatable bonds is 7. The van der Waals surface area contributed by atoms with Gasteiger partial charge in [0.15, 0.2) is 0 Å². The van der Waals surface area contributed by atoms with Crippen LogP contribution in [0, 0.1) is 21.4 Å². The Kier molecular flexibility index (Phi) is 6.49. The average Bonchev–Trinajstić information content (AvgIpc) is 2.49. The summed E-state index contributed by atoms with van der Waals surface area (Å²) in [6.45, 7) is 0.347. The topological polar surface area (TPSA) is 104 Å². The maximum atomic E-state index is 12.0. The molecular formula is C13H15N3O4S. The molecule has 0 saturated carbocycles. The van der Waals surface area contributed by atoms with Crippen LogP contribution in [-0.2, 0) is 15.6 Å². The summed E-state index contributed by atoms with van der Waals surface area (Å²) in [4.78, 5) is 23.6. The van der Waals surface area contributed by atoms with Gasteiger partial charge < -0.3 is 4.90 Å². The Morgan fingerprint density at radius 1 is 1.43 bits per heavy atom. The van der Waals surface area contributed by atoms with Crippen molar-refractivity contribution in [1.29, 1.82) is 5.26 Å². The number of carbonyl (C=O) groups excluding carboxylic acids is 1. The molecule has 1 rings (SSSR count). The van der Waals surface area contributed by atoms with Crippen LogP contribution in [0.4, 0.5) is 5.69 Å². The van der Waals surface area contributed by atoms with Gasteiger partial charge in [-0.05, 0) is 12.1 Å². The van der Waals surface area contributed by atoms with Crippen molar-refractivity contribution in [1.82, 2.24) is 4.90 Å². The molecule has 8 heteroatoms. The number of nitro benzene ring substituents is 1. The van der Waals surface area contributed by atoms with Crippen LogP contribution in [0.3, 0.4) is 0 Å². The first-order valence-corrected chi connectivity index (χ1v) is 7.51. The fraction of sp³-hybridized carbons (Fsp3) is 0.385. The molecule has 0 spiro atoms. The van der Waals surface area contributed by atoms with Crippen molar-refractivity contribution in [3.63, 3.8) is 0 Å². The van der Waals surface area contributed by atoms with Gasteiger partial charge in [-0.3, -0.25) is 19.1 Å². The lowest BCUT2D eigenvalue weighted by molar-refractivity contribution is -0.384. The third-order valence-corrected chi connectivity index (χ3v) is 4.17. The minimum absolute atomic E-state index is 0.0666. The number of nitriles is 1. The molecule has 1 amide bonds. The van der Waals surface area contributed by atoms with E-state index in [1.165, 1.54) is 29.2 Å². The Labute approximate surface area is 124 Å². The molecule has 0 bridgehead atoms. The van der Waals surface area contributed by atoms with E-state index in [2.05, 4.69) is 0 Å². The standard InChI is InChI=1S/C13H15N3O4S/c1-15(9-2-8-14)13(17)7-10-21(20)12-5-3-11(4-6-12)16(18)19/h3-6H,2,7,9-10H2,1H3. The zero-order valence-corrected chi connectivity index (χ0v) is 12.3. The van der Waals surface area contributed by atoms with Crippen molar-refractivity contribution in [3.05, 3.63) is 34.4 Å². The van der Waals surface area contributed by atoms with Gasteiger partial charge in [-0.1, -0.05) is 0 Å². The number of non-ortho nitro benzene ring substituents is 1. The van der Waals surface area contributed by atoms with Gasteiger partial charge in [0.2, 0.25) is 5.91 Å². The molecule has 1 aromatic carbocycles. The lowest BCUT2D eigenvalue weighted by Gasteiger charge is -2.14. The zero-order valence-electron chi connectivity index (χ0n) is 11.5. The van der Waals surface area contributed by atoms with Crippen LogP contribution in [0.5, 0.6) is 0 Å². The quantitative estimate of drug-likeness (QED) is 0.560. The third-order valence-electron chi connectivity index (χ3n) is 2.80. The zero-order chi connectivity index (χ0) is 15.8. The predicted molar refractivity (Wildman–Crippen MR) is 76.9 cm³/mol. The monoisotopic (exact) mass is 309 g/mol. The normalized spacial score (nSPS) is 11.4. The van der Waals surface area contributed by atoms with Crippen LogP contribution in [0.2, 0.25) is 0 Å².